The van der Waals surface area contributed by atoms with E-state index in [2.05, 4.69) is 5.16 Å². The molecule has 0 bridgehead atoms. The average molecular weight is 284 g/mol. The molecule has 1 aromatic heterocycles. The molecule has 0 aliphatic carbocycles. The monoisotopic (exact) mass is 283 g/mol. The van der Waals surface area contributed by atoms with Gasteiger partial charge in [-0.15, -0.1) is 0 Å². The Morgan fingerprint density at radius 1 is 1.32 bits per heavy atom. The summed E-state index contributed by atoms with van der Waals surface area (Å²) in [7, 11) is 2.97. The van der Waals surface area contributed by atoms with Gasteiger partial charge >= 0.3 is 5.97 Å². The number of carboxylic acids is 1. The number of rotatable bonds is 4. The average Bonchev–Trinajstić information content (AvgIpc) is 2.86. The van der Waals surface area contributed by atoms with Gasteiger partial charge in [-0.2, -0.15) is 0 Å². The molecule has 0 saturated carbocycles. The van der Waals surface area contributed by atoms with Crippen LogP contribution in [0.3, 0.4) is 0 Å². The molecule has 19 heavy (non-hydrogen) atoms. The van der Waals surface area contributed by atoms with Crippen LogP contribution in [0.15, 0.2) is 22.7 Å². The quantitative estimate of drug-likeness (QED) is 0.929. The molecule has 2 rings (SSSR count). The number of aromatic nitrogens is 1. The SMILES string of the molecule is COc1cc(Cl)c(-c2cc(C(=O)O)on2)c(OC)c1. The molecule has 1 N–H and O–H groups in total. The maximum atomic E-state index is 10.8. The Kier molecular flexibility index (Phi) is 3.62. The lowest BCUT2D eigenvalue weighted by atomic mass is 10.1. The number of hydrogen-bond acceptors (Lipinski definition) is 5. The van der Waals surface area contributed by atoms with Crippen molar-refractivity contribution in [2.75, 3.05) is 14.2 Å². The van der Waals surface area contributed by atoms with Gasteiger partial charge in [0, 0.05) is 12.1 Å². The predicted octanol–water partition coefficient (Wildman–Crippen LogP) is 2.71. The third-order valence-electron chi connectivity index (χ3n) is 2.46. The highest BCUT2D eigenvalue weighted by atomic mass is 35.5. The molecular weight excluding hydrogens is 274 g/mol. The third-order valence-corrected chi connectivity index (χ3v) is 2.76. The Morgan fingerprint density at radius 3 is 2.58 bits per heavy atom. The Labute approximate surface area is 113 Å². The van der Waals surface area contributed by atoms with Crippen molar-refractivity contribution in [2.45, 2.75) is 0 Å². The Bertz CT molecular complexity index is 623. The van der Waals surface area contributed by atoms with Crippen LogP contribution in [0.25, 0.3) is 11.3 Å². The van der Waals surface area contributed by atoms with Crippen molar-refractivity contribution in [3.8, 4) is 22.8 Å². The van der Waals surface area contributed by atoms with Crippen LogP contribution in [0, 0.1) is 0 Å². The zero-order valence-electron chi connectivity index (χ0n) is 10.1. The molecule has 1 aromatic carbocycles. The second kappa shape index (κ2) is 5.19. The summed E-state index contributed by atoms with van der Waals surface area (Å²) in [5.41, 5.74) is 0.725. The number of halogens is 1. The van der Waals surface area contributed by atoms with Crippen LogP contribution < -0.4 is 9.47 Å². The molecule has 2 aromatic rings. The molecule has 0 fully saturated rings. The van der Waals surface area contributed by atoms with Gasteiger partial charge < -0.3 is 19.1 Å². The smallest absolute Gasteiger partial charge is 0.374 e. The summed E-state index contributed by atoms with van der Waals surface area (Å²) in [5, 5.41) is 12.8. The van der Waals surface area contributed by atoms with Crippen molar-refractivity contribution in [2.24, 2.45) is 0 Å². The van der Waals surface area contributed by atoms with E-state index in [-0.39, 0.29) is 11.5 Å². The first kappa shape index (κ1) is 13.2. The second-order valence-corrected chi connectivity index (χ2v) is 3.98. The third kappa shape index (κ3) is 2.48. The molecule has 6 nitrogen and oxygen atoms in total. The number of benzene rings is 1. The van der Waals surface area contributed by atoms with Crippen molar-refractivity contribution in [1.29, 1.82) is 0 Å². The highest BCUT2D eigenvalue weighted by molar-refractivity contribution is 6.33. The summed E-state index contributed by atoms with van der Waals surface area (Å²) < 4.78 is 15.0. The van der Waals surface area contributed by atoms with Crippen molar-refractivity contribution in [3.05, 3.63) is 29.0 Å². The lowest BCUT2D eigenvalue weighted by Gasteiger charge is -2.10. The fraction of sp³-hybridized carbons (Fsp3) is 0.167. The van der Waals surface area contributed by atoms with Crippen LogP contribution in [0.4, 0.5) is 0 Å². The fourth-order valence-corrected chi connectivity index (χ4v) is 1.88. The van der Waals surface area contributed by atoms with Gasteiger partial charge in [-0.1, -0.05) is 16.8 Å². The summed E-state index contributed by atoms with van der Waals surface area (Å²) >= 11 is 6.13. The van der Waals surface area contributed by atoms with Crippen LogP contribution in [0.1, 0.15) is 10.6 Å². The topological polar surface area (TPSA) is 81.8 Å². The minimum absolute atomic E-state index is 0.274. The van der Waals surface area contributed by atoms with E-state index in [4.69, 9.17) is 30.7 Å². The van der Waals surface area contributed by atoms with Crippen molar-refractivity contribution in [1.82, 2.24) is 5.16 Å². The lowest BCUT2D eigenvalue weighted by molar-refractivity contribution is 0.0652. The van der Waals surface area contributed by atoms with E-state index in [1.165, 1.54) is 20.3 Å². The molecule has 0 amide bonds. The number of aromatic carboxylic acids is 1. The molecular formula is C12H10ClNO5. The number of methoxy groups -OCH3 is 2. The Hall–Kier alpha value is -2.21. The molecule has 0 aliphatic heterocycles. The van der Waals surface area contributed by atoms with Crippen LogP contribution in [-0.2, 0) is 0 Å². The van der Waals surface area contributed by atoms with E-state index in [0.717, 1.165) is 0 Å². The molecule has 0 spiro atoms. The van der Waals surface area contributed by atoms with Crippen molar-refractivity contribution >= 4 is 17.6 Å². The van der Waals surface area contributed by atoms with E-state index < -0.39 is 5.97 Å². The standard InChI is InChI=1S/C12H10ClNO5/c1-17-6-3-7(13)11(9(4-6)18-2)8-5-10(12(15)16)19-14-8/h3-5H,1-2H3,(H,15,16). The number of carboxylic acid groups (broad SMARTS) is 1. The highest BCUT2D eigenvalue weighted by Gasteiger charge is 2.19. The molecule has 1 heterocycles. The Balaban J connectivity index is 2.56. The first-order valence-electron chi connectivity index (χ1n) is 5.18. The maximum Gasteiger partial charge on any atom is 0.374 e. The summed E-state index contributed by atoms with van der Waals surface area (Å²) in [6.07, 6.45) is 0. The number of nitrogens with zero attached hydrogens (tertiary/aromatic N) is 1. The minimum Gasteiger partial charge on any atom is -0.497 e. The van der Waals surface area contributed by atoms with Gasteiger partial charge in [0.15, 0.2) is 0 Å². The minimum atomic E-state index is -1.21. The van der Waals surface area contributed by atoms with Crippen LogP contribution in [-0.4, -0.2) is 30.5 Å². The summed E-state index contributed by atoms with van der Waals surface area (Å²) in [6.45, 7) is 0. The van der Waals surface area contributed by atoms with E-state index in [1.54, 1.807) is 12.1 Å². The van der Waals surface area contributed by atoms with Gasteiger partial charge in [-0.05, 0) is 6.07 Å². The predicted molar refractivity (Wildman–Crippen MR) is 67.0 cm³/mol. The molecule has 0 radical (unpaired) electrons. The van der Waals surface area contributed by atoms with Crippen molar-refractivity contribution < 1.29 is 23.9 Å². The molecule has 0 atom stereocenters. The van der Waals surface area contributed by atoms with Crippen LogP contribution in [0.5, 0.6) is 11.5 Å². The first-order valence-corrected chi connectivity index (χ1v) is 5.56. The number of carbonyl (C=O) groups is 1. The zero-order valence-corrected chi connectivity index (χ0v) is 10.9. The van der Waals surface area contributed by atoms with Gasteiger partial charge in [0.2, 0.25) is 5.76 Å². The van der Waals surface area contributed by atoms with E-state index in [1.807, 2.05) is 0 Å². The maximum absolute atomic E-state index is 10.8. The van der Waals surface area contributed by atoms with E-state index in [9.17, 15) is 4.79 Å². The highest BCUT2D eigenvalue weighted by Crippen LogP contribution is 2.39. The summed E-state index contributed by atoms with van der Waals surface area (Å²) in [4.78, 5) is 10.8. The van der Waals surface area contributed by atoms with Gasteiger partial charge in [0.1, 0.15) is 17.2 Å². The van der Waals surface area contributed by atoms with Crippen LogP contribution in [0.2, 0.25) is 5.02 Å². The normalized spacial score (nSPS) is 10.3. The fourth-order valence-electron chi connectivity index (χ4n) is 1.58. The first-order chi connectivity index (χ1) is 9.06. The summed E-state index contributed by atoms with van der Waals surface area (Å²) in [6, 6.07) is 4.48. The molecule has 0 saturated heterocycles. The Morgan fingerprint density at radius 2 is 2.05 bits per heavy atom. The molecule has 7 heteroatoms. The van der Waals surface area contributed by atoms with E-state index >= 15 is 0 Å². The largest absolute Gasteiger partial charge is 0.497 e. The van der Waals surface area contributed by atoms with Crippen molar-refractivity contribution in [3.63, 3.8) is 0 Å². The van der Waals surface area contributed by atoms with Gasteiger partial charge in [0.05, 0.1) is 24.8 Å². The molecule has 0 aliphatic rings. The second-order valence-electron chi connectivity index (χ2n) is 3.57. The summed E-state index contributed by atoms with van der Waals surface area (Å²) in [5.74, 6) is -0.548. The number of ether oxygens (including phenoxy) is 2. The van der Waals surface area contributed by atoms with Crippen LogP contribution >= 0.6 is 11.6 Å². The molecule has 100 valence electrons. The molecule has 0 unspecified atom stereocenters. The number of hydrogen-bond donors (Lipinski definition) is 1. The lowest BCUT2D eigenvalue weighted by Crippen LogP contribution is -1.93. The zero-order chi connectivity index (χ0) is 14.0. The van der Waals surface area contributed by atoms with E-state index in [0.29, 0.717) is 22.1 Å². The van der Waals surface area contributed by atoms with Gasteiger partial charge in [-0.25, -0.2) is 4.79 Å². The van der Waals surface area contributed by atoms with Gasteiger partial charge in [-0.3, -0.25) is 0 Å². The van der Waals surface area contributed by atoms with Gasteiger partial charge in [0.25, 0.3) is 0 Å².